The van der Waals surface area contributed by atoms with Gasteiger partial charge in [0.15, 0.2) is 0 Å². The fourth-order valence-corrected chi connectivity index (χ4v) is 2.26. The van der Waals surface area contributed by atoms with Crippen LogP contribution in [0.4, 0.5) is 0 Å². The van der Waals surface area contributed by atoms with Crippen molar-refractivity contribution in [3.8, 4) is 0 Å². The van der Waals surface area contributed by atoms with Crippen LogP contribution in [0.25, 0.3) is 0 Å². The van der Waals surface area contributed by atoms with Gasteiger partial charge < -0.3 is 10.1 Å². The van der Waals surface area contributed by atoms with Gasteiger partial charge in [0.05, 0.1) is 6.61 Å². The highest BCUT2D eigenvalue weighted by Gasteiger charge is 2.32. The standard InChI is InChI=1S/C13H25NO2/c1-13(2,3)11(12(15)14-4)16-9-10-7-5-6-8-10/h10-11H,5-9H2,1-4H3,(H,14,15). The van der Waals surface area contributed by atoms with E-state index in [0.717, 1.165) is 6.61 Å². The van der Waals surface area contributed by atoms with E-state index in [1.807, 2.05) is 20.8 Å². The zero-order chi connectivity index (χ0) is 12.2. The van der Waals surface area contributed by atoms with Crippen molar-refractivity contribution in [2.45, 2.75) is 52.6 Å². The molecule has 1 unspecified atom stereocenters. The topological polar surface area (TPSA) is 38.3 Å². The second kappa shape index (κ2) is 5.67. The van der Waals surface area contributed by atoms with Crippen LogP contribution in [0.2, 0.25) is 0 Å². The molecule has 3 nitrogen and oxygen atoms in total. The number of carbonyl (C=O) groups is 1. The van der Waals surface area contributed by atoms with Gasteiger partial charge in [-0.05, 0) is 24.2 Å². The molecule has 1 rings (SSSR count). The van der Waals surface area contributed by atoms with Gasteiger partial charge in [-0.1, -0.05) is 33.6 Å². The molecule has 0 aromatic rings. The van der Waals surface area contributed by atoms with Crippen LogP contribution >= 0.6 is 0 Å². The third-order valence-electron chi connectivity index (χ3n) is 3.24. The highest BCUT2D eigenvalue weighted by Crippen LogP contribution is 2.28. The van der Waals surface area contributed by atoms with Crippen molar-refractivity contribution in [2.24, 2.45) is 11.3 Å². The maximum absolute atomic E-state index is 11.7. The first-order valence-electron chi connectivity index (χ1n) is 6.28. The number of nitrogens with one attached hydrogen (secondary N) is 1. The van der Waals surface area contributed by atoms with Crippen LogP contribution in [0, 0.1) is 11.3 Å². The molecular formula is C13H25NO2. The van der Waals surface area contributed by atoms with Gasteiger partial charge in [0, 0.05) is 7.05 Å². The Kier molecular flexibility index (Phi) is 4.78. The van der Waals surface area contributed by atoms with Crippen LogP contribution in [-0.2, 0) is 9.53 Å². The lowest BCUT2D eigenvalue weighted by atomic mass is 9.88. The molecule has 1 fully saturated rings. The normalized spacial score (nSPS) is 19.8. The minimum absolute atomic E-state index is 0.00880. The summed E-state index contributed by atoms with van der Waals surface area (Å²) >= 11 is 0. The molecule has 3 heteroatoms. The van der Waals surface area contributed by atoms with Crippen LogP contribution in [0.3, 0.4) is 0 Å². The van der Waals surface area contributed by atoms with Gasteiger partial charge in [0.2, 0.25) is 5.91 Å². The predicted molar refractivity (Wildman–Crippen MR) is 65.2 cm³/mol. The summed E-state index contributed by atoms with van der Waals surface area (Å²) in [5.74, 6) is 0.653. The van der Waals surface area contributed by atoms with E-state index in [2.05, 4.69) is 5.32 Å². The monoisotopic (exact) mass is 227 g/mol. The maximum Gasteiger partial charge on any atom is 0.249 e. The van der Waals surface area contributed by atoms with Crippen molar-refractivity contribution < 1.29 is 9.53 Å². The van der Waals surface area contributed by atoms with Crippen molar-refractivity contribution in [3.05, 3.63) is 0 Å². The quantitative estimate of drug-likeness (QED) is 0.800. The third-order valence-corrected chi connectivity index (χ3v) is 3.24. The molecule has 94 valence electrons. The molecule has 1 saturated carbocycles. The molecule has 0 aromatic carbocycles. The first kappa shape index (κ1) is 13.5. The summed E-state index contributed by atoms with van der Waals surface area (Å²) in [7, 11) is 1.67. The summed E-state index contributed by atoms with van der Waals surface area (Å²) in [6.07, 6.45) is 4.80. The van der Waals surface area contributed by atoms with E-state index in [9.17, 15) is 4.79 Å². The molecule has 1 atom stereocenters. The summed E-state index contributed by atoms with van der Waals surface area (Å²) < 4.78 is 5.83. The van der Waals surface area contributed by atoms with Crippen LogP contribution in [0.1, 0.15) is 46.5 Å². The summed E-state index contributed by atoms with van der Waals surface area (Å²) in [6.45, 7) is 6.86. The molecule has 0 aromatic heterocycles. The van der Waals surface area contributed by atoms with Crippen molar-refractivity contribution in [1.82, 2.24) is 5.32 Å². The summed E-state index contributed by atoms with van der Waals surface area (Å²) in [4.78, 5) is 11.7. The van der Waals surface area contributed by atoms with Crippen LogP contribution in [0.15, 0.2) is 0 Å². The van der Waals surface area contributed by atoms with Crippen LogP contribution in [-0.4, -0.2) is 25.7 Å². The van der Waals surface area contributed by atoms with E-state index < -0.39 is 0 Å². The van der Waals surface area contributed by atoms with E-state index in [1.165, 1.54) is 25.7 Å². The number of carbonyl (C=O) groups excluding carboxylic acids is 1. The number of hydrogen-bond donors (Lipinski definition) is 1. The van der Waals surface area contributed by atoms with E-state index in [-0.39, 0.29) is 17.4 Å². The lowest BCUT2D eigenvalue weighted by molar-refractivity contribution is -0.140. The highest BCUT2D eigenvalue weighted by molar-refractivity contribution is 5.81. The zero-order valence-electron chi connectivity index (χ0n) is 11.0. The minimum Gasteiger partial charge on any atom is -0.368 e. The van der Waals surface area contributed by atoms with E-state index in [1.54, 1.807) is 7.05 Å². The summed E-state index contributed by atoms with van der Waals surface area (Å²) in [5, 5.41) is 2.68. The first-order valence-corrected chi connectivity index (χ1v) is 6.28. The molecule has 1 N–H and O–H groups in total. The van der Waals surface area contributed by atoms with Crippen molar-refractivity contribution in [3.63, 3.8) is 0 Å². The highest BCUT2D eigenvalue weighted by atomic mass is 16.5. The smallest absolute Gasteiger partial charge is 0.249 e. The van der Waals surface area contributed by atoms with Crippen molar-refractivity contribution in [1.29, 1.82) is 0 Å². The van der Waals surface area contributed by atoms with E-state index in [4.69, 9.17) is 4.74 Å². The average molecular weight is 227 g/mol. The van der Waals surface area contributed by atoms with Crippen molar-refractivity contribution >= 4 is 5.91 Å². The Balaban J connectivity index is 2.46. The molecular weight excluding hydrogens is 202 g/mol. The fraction of sp³-hybridized carbons (Fsp3) is 0.923. The van der Waals surface area contributed by atoms with Gasteiger partial charge in [-0.3, -0.25) is 4.79 Å². The van der Waals surface area contributed by atoms with Gasteiger partial charge >= 0.3 is 0 Å². The minimum atomic E-state index is -0.335. The van der Waals surface area contributed by atoms with E-state index in [0.29, 0.717) is 5.92 Å². The third kappa shape index (κ3) is 3.78. The molecule has 0 aliphatic heterocycles. The molecule has 0 heterocycles. The molecule has 1 aliphatic carbocycles. The SMILES string of the molecule is CNC(=O)C(OCC1CCCC1)C(C)(C)C. The van der Waals surface area contributed by atoms with Crippen LogP contribution < -0.4 is 5.32 Å². The van der Waals surface area contributed by atoms with Gasteiger partial charge in [-0.15, -0.1) is 0 Å². The molecule has 0 radical (unpaired) electrons. The maximum atomic E-state index is 11.7. The number of ether oxygens (including phenoxy) is 1. The number of amides is 1. The second-order valence-corrected chi connectivity index (χ2v) is 5.84. The Morgan fingerprint density at radius 3 is 2.38 bits per heavy atom. The van der Waals surface area contributed by atoms with Crippen molar-refractivity contribution in [2.75, 3.05) is 13.7 Å². The van der Waals surface area contributed by atoms with Gasteiger partial charge in [-0.25, -0.2) is 0 Å². The molecule has 1 aliphatic rings. The Bertz CT molecular complexity index is 227. The Morgan fingerprint density at radius 1 is 1.38 bits per heavy atom. The Morgan fingerprint density at radius 2 is 1.94 bits per heavy atom. The number of hydrogen-bond acceptors (Lipinski definition) is 2. The predicted octanol–water partition coefficient (Wildman–Crippen LogP) is 2.35. The summed E-state index contributed by atoms with van der Waals surface area (Å²) in [5.41, 5.74) is -0.140. The average Bonchev–Trinajstić information content (AvgIpc) is 2.68. The van der Waals surface area contributed by atoms with E-state index >= 15 is 0 Å². The van der Waals surface area contributed by atoms with Gasteiger partial charge in [-0.2, -0.15) is 0 Å². The Hall–Kier alpha value is -0.570. The molecule has 0 bridgehead atoms. The lowest BCUT2D eigenvalue weighted by Crippen LogP contribution is -2.43. The van der Waals surface area contributed by atoms with Crippen LogP contribution in [0.5, 0.6) is 0 Å². The summed E-state index contributed by atoms with van der Waals surface area (Å²) in [6, 6.07) is 0. The fourth-order valence-electron chi connectivity index (χ4n) is 2.26. The van der Waals surface area contributed by atoms with Gasteiger partial charge in [0.1, 0.15) is 6.10 Å². The molecule has 0 saturated heterocycles. The number of rotatable bonds is 4. The Labute approximate surface area is 98.9 Å². The molecule has 1 amide bonds. The largest absolute Gasteiger partial charge is 0.368 e. The zero-order valence-corrected chi connectivity index (χ0v) is 11.0. The number of likely N-dealkylation sites (N-methyl/N-ethyl adjacent to an activating group) is 1. The van der Waals surface area contributed by atoms with Gasteiger partial charge in [0.25, 0.3) is 0 Å². The lowest BCUT2D eigenvalue weighted by Gasteiger charge is -2.30. The first-order chi connectivity index (χ1) is 7.45. The molecule has 16 heavy (non-hydrogen) atoms. The second-order valence-electron chi connectivity index (χ2n) is 5.84. The molecule has 0 spiro atoms.